The molecule has 2 aromatic rings. The van der Waals surface area contributed by atoms with Crippen LogP contribution in [0.2, 0.25) is 0 Å². The van der Waals surface area contributed by atoms with E-state index in [9.17, 15) is 4.79 Å². The number of nitrogens with zero attached hydrogens (tertiary/aromatic N) is 2. The van der Waals surface area contributed by atoms with Gasteiger partial charge in [-0.3, -0.25) is 4.79 Å². The molecule has 0 aliphatic heterocycles. The lowest BCUT2D eigenvalue weighted by molar-refractivity contribution is 0.102. The van der Waals surface area contributed by atoms with Gasteiger partial charge in [0, 0.05) is 11.3 Å². The number of amides is 1. The topological polar surface area (TPSA) is 80.9 Å². The van der Waals surface area contributed by atoms with Crippen LogP contribution in [0.1, 0.15) is 27.9 Å². The first kappa shape index (κ1) is 14.2. The maximum absolute atomic E-state index is 12.1. The number of hydrogen-bond acceptors (Lipinski definition) is 5. The zero-order chi connectivity index (χ0) is 14.4. The van der Waals surface area contributed by atoms with Gasteiger partial charge in [0.25, 0.3) is 5.91 Å². The van der Waals surface area contributed by atoms with E-state index in [1.54, 1.807) is 12.1 Å². The van der Waals surface area contributed by atoms with Gasteiger partial charge in [-0.25, -0.2) is 0 Å². The second kappa shape index (κ2) is 6.80. The Morgan fingerprint density at radius 2 is 2.15 bits per heavy atom. The first-order chi connectivity index (χ1) is 9.74. The number of nitrogens with one attached hydrogen (secondary N) is 1. The van der Waals surface area contributed by atoms with Crippen molar-refractivity contribution >= 4 is 23.1 Å². The van der Waals surface area contributed by atoms with Gasteiger partial charge in [-0.05, 0) is 42.2 Å². The van der Waals surface area contributed by atoms with Crippen LogP contribution in [-0.2, 0) is 6.42 Å². The van der Waals surface area contributed by atoms with Gasteiger partial charge in [0.15, 0.2) is 0 Å². The number of rotatable bonds is 3. The van der Waals surface area contributed by atoms with E-state index in [4.69, 9.17) is 5.73 Å². The average molecular weight is 286 g/mol. The van der Waals surface area contributed by atoms with Crippen LogP contribution in [-0.4, -0.2) is 22.0 Å². The number of carbonyl (C=O) groups is 1. The molecule has 20 heavy (non-hydrogen) atoms. The smallest absolute Gasteiger partial charge is 0.269 e. The second-order valence-corrected chi connectivity index (χ2v) is 4.69. The fourth-order valence-electron chi connectivity index (χ4n) is 1.59. The summed E-state index contributed by atoms with van der Waals surface area (Å²) < 4.78 is 3.80. The summed E-state index contributed by atoms with van der Waals surface area (Å²) in [6.45, 7) is 2.27. The molecule has 1 aromatic carbocycles. The van der Waals surface area contributed by atoms with Crippen LogP contribution in [0.25, 0.3) is 0 Å². The van der Waals surface area contributed by atoms with Gasteiger partial charge in [-0.15, -0.1) is 5.10 Å². The molecule has 0 radical (unpaired) electrons. The highest BCUT2D eigenvalue weighted by Gasteiger charge is 2.14. The lowest BCUT2D eigenvalue weighted by atomic mass is 10.2. The Labute approximate surface area is 121 Å². The Bertz CT molecular complexity index is 652. The van der Waals surface area contributed by atoms with E-state index in [1.807, 2.05) is 19.1 Å². The normalized spacial score (nSPS) is 9.70. The molecule has 0 aliphatic rings. The van der Waals surface area contributed by atoms with Crippen molar-refractivity contribution in [3.05, 3.63) is 40.4 Å². The quantitative estimate of drug-likeness (QED) is 0.841. The second-order valence-electron chi connectivity index (χ2n) is 3.94. The van der Waals surface area contributed by atoms with Crippen LogP contribution < -0.4 is 11.1 Å². The molecular weight excluding hydrogens is 272 g/mol. The Balaban J connectivity index is 2.08. The van der Waals surface area contributed by atoms with E-state index in [0.717, 1.165) is 22.8 Å². The molecule has 0 atom stereocenters. The third-order valence-electron chi connectivity index (χ3n) is 2.57. The molecular formula is C14H14N4OS. The predicted octanol–water partition coefficient (Wildman–Crippen LogP) is 1.66. The predicted molar refractivity (Wildman–Crippen MR) is 79.6 cm³/mol. The maximum atomic E-state index is 12.1. The minimum atomic E-state index is -0.183. The summed E-state index contributed by atoms with van der Waals surface area (Å²) in [5.41, 5.74) is 7.61. The minimum Gasteiger partial charge on any atom is -0.321 e. The van der Waals surface area contributed by atoms with Crippen molar-refractivity contribution in [1.29, 1.82) is 0 Å². The van der Waals surface area contributed by atoms with Crippen LogP contribution in [0, 0.1) is 11.8 Å². The van der Waals surface area contributed by atoms with Crippen LogP contribution in [0.4, 0.5) is 5.69 Å². The molecule has 0 unspecified atom stereocenters. The van der Waals surface area contributed by atoms with E-state index in [2.05, 4.69) is 26.7 Å². The van der Waals surface area contributed by atoms with E-state index in [0.29, 0.717) is 23.5 Å². The van der Waals surface area contributed by atoms with Gasteiger partial charge in [-0.2, -0.15) is 0 Å². The molecule has 2 rings (SSSR count). The van der Waals surface area contributed by atoms with Crippen molar-refractivity contribution in [3.63, 3.8) is 0 Å². The SMILES string of the molecule is CCc1nnsc1C(=O)Nc1ccc(C#CCN)cc1. The molecule has 0 saturated heterocycles. The fraction of sp³-hybridized carbons (Fsp3) is 0.214. The molecule has 6 heteroatoms. The third-order valence-corrected chi connectivity index (χ3v) is 3.34. The molecule has 3 N–H and O–H groups in total. The number of aromatic nitrogens is 2. The van der Waals surface area contributed by atoms with Crippen LogP contribution in [0.5, 0.6) is 0 Å². The van der Waals surface area contributed by atoms with Gasteiger partial charge in [-0.1, -0.05) is 23.3 Å². The van der Waals surface area contributed by atoms with Crippen molar-refractivity contribution < 1.29 is 4.79 Å². The summed E-state index contributed by atoms with van der Waals surface area (Å²) >= 11 is 1.11. The highest BCUT2D eigenvalue weighted by Crippen LogP contribution is 2.15. The van der Waals surface area contributed by atoms with Crippen molar-refractivity contribution in [2.24, 2.45) is 5.73 Å². The average Bonchev–Trinajstić information content (AvgIpc) is 2.95. The van der Waals surface area contributed by atoms with Crippen LogP contribution in [0.3, 0.4) is 0 Å². The summed E-state index contributed by atoms with van der Waals surface area (Å²) in [5, 5.41) is 6.74. The minimum absolute atomic E-state index is 0.183. The summed E-state index contributed by atoms with van der Waals surface area (Å²) in [6, 6.07) is 7.28. The highest BCUT2D eigenvalue weighted by molar-refractivity contribution is 7.08. The Kier molecular flexibility index (Phi) is 4.82. The summed E-state index contributed by atoms with van der Waals surface area (Å²) in [5.74, 6) is 5.52. The number of aryl methyl sites for hydroxylation is 1. The van der Waals surface area contributed by atoms with Crippen molar-refractivity contribution in [1.82, 2.24) is 9.59 Å². The van der Waals surface area contributed by atoms with Crippen molar-refractivity contribution in [3.8, 4) is 11.8 Å². The zero-order valence-electron chi connectivity index (χ0n) is 11.0. The van der Waals surface area contributed by atoms with E-state index in [-0.39, 0.29) is 5.91 Å². The van der Waals surface area contributed by atoms with E-state index >= 15 is 0 Å². The number of anilines is 1. The van der Waals surface area contributed by atoms with Gasteiger partial charge in [0.05, 0.1) is 12.2 Å². The van der Waals surface area contributed by atoms with Crippen molar-refractivity contribution in [2.75, 3.05) is 11.9 Å². The summed E-state index contributed by atoms with van der Waals surface area (Å²) in [4.78, 5) is 12.6. The van der Waals surface area contributed by atoms with Crippen LogP contribution >= 0.6 is 11.5 Å². The maximum Gasteiger partial charge on any atom is 0.269 e. The summed E-state index contributed by atoms with van der Waals surface area (Å²) in [7, 11) is 0. The Morgan fingerprint density at radius 3 is 2.80 bits per heavy atom. The third kappa shape index (κ3) is 3.41. The van der Waals surface area contributed by atoms with Crippen LogP contribution in [0.15, 0.2) is 24.3 Å². The summed E-state index contributed by atoms with van der Waals surface area (Å²) in [6.07, 6.45) is 0.687. The van der Waals surface area contributed by atoms with Gasteiger partial charge >= 0.3 is 0 Å². The number of benzene rings is 1. The van der Waals surface area contributed by atoms with E-state index < -0.39 is 0 Å². The Morgan fingerprint density at radius 1 is 1.40 bits per heavy atom. The Hall–Kier alpha value is -2.23. The van der Waals surface area contributed by atoms with Crippen molar-refractivity contribution in [2.45, 2.75) is 13.3 Å². The lowest BCUT2D eigenvalue weighted by Crippen LogP contribution is -2.12. The van der Waals surface area contributed by atoms with E-state index in [1.165, 1.54) is 0 Å². The van der Waals surface area contributed by atoms with Gasteiger partial charge < -0.3 is 11.1 Å². The first-order valence-electron chi connectivity index (χ1n) is 6.16. The molecule has 0 bridgehead atoms. The molecule has 0 spiro atoms. The molecule has 102 valence electrons. The molecule has 1 heterocycles. The standard InChI is InChI=1S/C14H14N4OS/c1-2-12-13(20-18-17-12)14(19)16-11-7-5-10(6-8-11)4-3-9-15/h5-8H,2,9,15H2,1H3,(H,16,19). The zero-order valence-corrected chi connectivity index (χ0v) is 11.8. The lowest BCUT2D eigenvalue weighted by Gasteiger charge is -2.04. The number of carbonyl (C=O) groups excluding carboxylic acids is 1. The monoisotopic (exact) mass is 286 g/mol. The highest BCUT2D eigenvalue weighted by atomic mass is 32.1. The molecule has 5 nitrogen and oxygen atoms in total. The largest absolute Gasteiger partial charge is 0.321 e. The number of nitrogens with two attached hydrogens (primary N) is 1. The number of hydrogen-bond donors (Lipinski definition) is 2. The fourth-order valence-corrected chi connectivity index (χ4v) is 2.24. The van der Waals surface area contributed by atoms with Gasteiger partial charge in [0.1, 0.15) is 4.88 Å². The van der Waals surface area contributed by atoms with Gasteiger partial charge in [0.2, 0.25) is 0 Å². The molecule has 0 saturated carbocycles. The molecule has 1 amide bonds. The molecule has 1 aromatic heterocycles. The first-order valence-corrected chi connectivity index (χ1v) is 6.93. The molecule has 0 fully saturated rings. The molecule has 0 aliphatic carbocycles.